The molecule has 0 aliphatic rings. The molecule has 4 aromatic rings. The van der Waals surface area contributed by atoms with Crippen LogP contribution < -0.4 is 10.1 Å². The van der Waals surface area contributed by atoms with E-state index in [1.807, 2.05) is 55.5 Å². The summed E-state index contributed by atoms with van der Waals surface area (Å²) < 4.78 is 7.63. The highest BCUT2D eigenvalue weighted by atomic mass is 32.1. The Morgan fingerprint density at radius 2 is 2.14 bits per heavy atom. The van der Waals surface area contributed by atoms with Crippen LogP contribution in [-0.4, -0.2) is 9.38 Å². The zero-order valence-electron chi connectivity index (χ0n) is 11.8. The summed E-state index contributed by atoms with van der Waals surface area (Å²) in [6.07, 6.45) is 5.41. The second-order valence-corrected chi connectivity index (χ2v) is 6.05. The number of nitrogens with zero attached hydrogens (tertiary/aromatic N) is 2. The van der Waals surface area contributed by atoms with Crippen molar-refractivity contribution in [3.63, 3.8) is 0 Å². The first kappa shape index (κ1) is 13.0. The summed E-state index contributed by atoms with van der Waals surface area (Å²) in [5.41, 5.74) is 2.63. The molecular formula is C17H12N2O2S. The van der Waals surface area contributed by atoms with E-state index >= 15 is 0 Å². The summed E-state index contributed by atoms with van der Waals surface area (Å²) in [7, 11) is 0. The molecule has 0 saturated heterocycles. The molecule has 0 atom stereocenters. The van der Waals surface area contributed by atoms with E-state index in [2.05, 4.69) is 4.98 Å². The lowest BCUT2D eigenvalue weighted by Gasteiger charge is -1.89. The predicted molar refractivity (Wildman–Crippen MR) is 88.9 cm³/mol. The number of allylic oxidation sites excluding steroid dienone is 1. The number of furan rings is 1. The fourth-order valence-electron chi connectivity index (χ4n) is 2.46. The highest BCUT2D eigenvalue weighted by Gasteiger charge is 2.10. The van der Waals surface area contributed by atoms with Crippen molar-refractivity contribution in [3.05, 3.63) is 68.9 Å². The number of hydrogen-bond donors (Lipinski definition) is 0. The van der Waals surface area contributed by atoms with Crippen molar-refractivity contribution in [2.75, 3.05) is 0 Å². The standard InChI is InChI=1S/C17H12N2O2S/c1-11(9-12-5-4-8-21-12)10-15-16(20)19-14-7-3-2-6-13(14)18-17(19)22-15/h2-10H,1H3/b11-9+,15-10+. The second-order valence-electron chi connectivity index (χ2n) is 5.04. The molecule has 0 bridgehead atoms. The normalized spacial score (nSPS) is 13.5. The lowest BCUT2D eigenvalue weighted by atomic mass is 10.2. The predicted octanol–water partition coefficient (Wildman–Crippen LogP) is 3.11. The van der Waals surface area contributed by atoms with Gasteiger partial charge in [0.05, 0.1) is 21.8 Å². The summed E-state index contributed by atoms with van der Waals surface area (Å²) in [6, 6.07) is 11.4. The maximum absolute atomic E-state index is 12.6. The Morgan fingerprint density at radius 3 is 2.95 bits per heavy atom. The fraction of sp³-hybridized carbons (Fsp3) is 0.0588. The van der Waals surface area contributed by atoms with Gasteiger partial charge in [-0.05, 0) is 48.9 Å². The number of rotatable bonds is 2. The number of benzene rings is 1. The molecule has 1 aromatic carbocycles. The number of para-hydroxylation sites is 2. The zero-order valence-corrected chi connectivity index (χ0v) is 12.6. The Labute approximate surface area is 129 Å². The van der Waals surface area contributed by atoms with Crippen molar-refractivity contribution in [3.8, 4) is 0 Å². The van der Waals surface area contributed by atoms with Gasteiger partial charge in [-0.3, -0.25) is 4.79 Å². The highest BCUT2D eigenvalue weighted by Crippen LogP contribution is 2.15. The van der Waals surface area contributed by atoms with Crippen LogP contribution in [0.5, 0.6) is 0 Å². The van der Waals surface area contributed by atoms with Gasteiger partial charge < -0.3 is 4.42 Å². The molecular weight excluding hydrogens is 296 g/mol. The van der Waals surface area contributed by atoms with Gasteiger partial charge in [0.25, 0.3) is 5.56 Å². The quantitative estimate of drug-likeness (QED) is 0.571. The molecule has 0 N–H and O–H groups in total. The van der Waals surface area contributed by atoms with Gasteiger partial charge in [0.2, 0.25) is 0 Å². The number of fused-ring (bicyclic) bond motifs is 3. The van der Waals surface area contributed by atoms with Gasteiger partial charge >= 0.3 is 0 Å². The van der Waals surface area contributed by atoms with E-state index in [-0.39, 0.29) is 5.56 Å². The Hall–Kier alpha value is -2.66. The highest BCUT2D eigenvalue weighted by molar-refractivity contribution is 7.15. The lowest BCUT2D eigenvalue weighted by Crippen LogP contribution is -2.22. The number of imidazole rings is 1. The van der Waals surface area contributed by atoms with Crippen LogP contribution in [0.2, 0.25) is 0 Å². The first-order valence-corrected chi connectivity index (χ1v) is 7.67. The third-order valence-corrected chi connectivity index (χ3v) is 4.39. The van der Waals surface area contributed by atoms with Crippen molar-refractivity contribution in [2.45, 2.75) is 6.92 Å². The largest absolute Gasteiger partial charge is 0.465 e. The second kappa shape index (κ2) is 4.96. The maximum Gasteiger partial charge on any atom is 0.274 e. The molecule has 5 heteroatoms. The molecule has 3 aromatic heterocycles. The van der Waals surface area contributed by atoms with E-state index in [1.165, 1.54) is 11.3 Å². The van der Waals surface area contributed by atoms with Gasteiger partial charge in [0.15, 0.2) is 4.96 Å². The van der Waals surface area contributed by atoms with Crippen LogP contribution in [0.25, 0.3) is 28.1 Å². The molecule has 0 aliphatic heterocycles. The van der Waals surface area contributed by atoms with E-state index in [9.17, 15) is 4.79 Å². The molecule has 4 nitrogen and oxygen atoms in total. The third kappa shape index (κ3) is 2.07. The number of hydrogen-bond acceptors (Lipinski definition) is 4. The molecule has 0 fully saturated rings. The van der Waals surface area contributed by atoms with E-state index in [0.29, 0.717) is 4.53 Å². The van der Waals surface area contributed by atoms with E-state index < -0.39 is 0 Å². The van der Waals surface area contributed by atoms with Crippen molar-refractivity contribution in [2.24, 2.45) is 0 Å². The van der Waals surface area contributed by atoms with Crippen LogP contribution >= 0.6 is 11.3 Å². The minimum atomic E-state index is -0.0269. The van der Waals surface area contributed by atoms with Crippen LogP contribution in [0.15, 0.2) is 57.4 Å². The minimum absolute atomic E-state index is 0.0269. The van der Waals surface area contributed by atoms with Gasteiger partial charge in [-0.25, -0.2) is 9.38 Å². The third-order valence-electron chi connectivity index (χ3n) is 3.42. The summed E-state index contributed by atoms with van der Waals surface area (Å²) in [4.78, 5) is 17.8. The van der Waals surface area contributed by atoms with Gasteiger partial charge in [-0.15, -0.1) is 0 Å². The Bertz CT molecular complexity index is 1100. The number of aromatic nitrogens is 2. The Kier molecular flexibility index (Phi) is 2.94. The fourth-order valence-corrected chi connectivity index (χ4v) is 3.49. The van der Waals surface area contributed by atoms with Crippen molar-refractivity contribution < 1.29 is 4.42 Å². The van der Waals surface area contributed by atoms with E-state index in [1.54, 1.807) is 10.7 Å². The molecule has 0 saturated carbocycles. The van der Waals surface area contributed by atoms with Crippen molar-refractivity contribution in [1.29, 1.82) is 0 Å². The average Bonchev–Trinajstić information content (AvgIpc) is 3.18. The van der Waals surface area contributed by atoms with Crippen molar-refractivity contribution >= 4 is 39.5 Å². The molecule has 0 amide bonds. The topological polar surface area (TPSA) is 47.5 Å². The summed E-state index contributed by atoms with van der Waals surface area (Å²) in [5.74, 6) is 0.771. The van der Waals surface area contributed by atoms with Gasteiger partial charge in [-0.1, -0.05) is 23.5 Å². The SMILES string of the molecule is CC(=C\c1ccco1)/C=c1/sc2nc3ccccc3n2c1=O. The summed E-state index contributed by atoms with van der Waals surface area (Å²) >= 11 is 1.40. The van der Waals surface area contributed by atoms with Crippen LogP contribution in [0.4, 0.5) is 0 Å². The Morgan fingerprint density at radius 1 is 1.27 bits per heavy atom. The van der Waals surface area contributed by atoms with Crippen LogP contribution in [0.3, 0.4) is 0 Å². The van der Waals surface area contributed by atoms with Crippen molar-refractivity contribution in [1.82, 2.24) is 9.38 Å². The molecule has 0 spiro atoms. The van der Waals surface area contributed by atoms with Gasteiger partial charge in [-0.2, -0.15) is 0 Å². The molecule has 0 radical (unpaired) electrons. The monoisotopic (exact) mass is 308 g/mol. The molecule has 108 valence electrons. The summed E-state index contributed by atoms with van der Waals surface area (Å²) in [5, 5.41) is 0. The first-order valence-electron chi connectivity index (χ1n) is 6.86. The van der Waals surface area contributed by atoms with E-state index in [0.717, 1.165) is 27.3 Å². The summed E-state index contributed by atoms with van der Waals surface area (Å²) in [6.45, 7) is 1.95. The molecule has 3 heterocycles. The van der Waals surface area contributed by atoms with Crippen LogP contribution in [0.1, 0.15) is 12.7 Å². The lowest BCUT2D eigenvalue weighted by molar-refractivity contribution is 0.557. The van der Waals surface area contributed by atoms with Gasteiger partial charge in [0, 0.05) is 0 Å². The molecule has 4 rings (SSSR count). The zero-order chi connectivity index (χ0) is 15.1. The molecule has 0 aliphatic carbocycles. The number of thiazole rings is 1. The minimum Gasteiger partial charge on any atom is -0.465 e. The molecule has 22 heavy (non-hydrogen) atoms. The van der Waals surface area contributed by atoms with Crippen LogP contribution in [-0.2, 0) is 0 Å². The molecule has 0 unspecified atom stereocenters. The van der Waals surface area contributed by atoms with Gasteiger partial charge in [0.1, 0.15) is 5.76 Å². The maximum atomic E-state index is 12.6. The Balaban J connectivity index is 1.91. The van der Waals surface area contributed by atoms with Crippen LogP contribution in [0, 0.1) is 0 Å². The average molecular weight is 308 g/mol. The first-order chi connectivity index (χ1) is 10.7. The van der Waals surface area contributed by atoms with E-state index in [4.69, 9.17) is 4.42 Å². The smallest absolute Gasteiger partial charge is 0.274 e.